The van der Waals surface area contributed by atoms with Crippen LogP contribution in [0.5, 0.6) is 0 Å². The molecule has 7 nitrogen and oxygen atoms in total. The lowest BCUT2D eigenvalue weighted by Gasteiger charge is -2.40. The lowest BCUT2D eigenvalue weighted by Crippen LogP contribution is -2.48. The van der Waals surface area contributed by atoms with Crippen LogP contribution in [0, 0.1) is 15.5 Å². The molecule has 2 rings (SSSR count). The molecule has 1 saturated heterocycles. The van der Waals surface area contributed by atoms with Gasteiger partial charge >= 0.3 is 11.8 Å². The van der Waals surface area contributed by atoms with Crippen molar-refractivity contribution < 1.29 is 14.8 Å². The van der Waals surface area contributed by atoms with Gasteiger partial charge in [-0.3, -0.25) is 4.79 Å². The third-order valence-corrected chi connectivity index (χ3v) is 4.04. The minimum Gasteiger partial charge on any atom is -0.481 e. The number of nitro groups is 1. The van der Waals surface area contributed by atoms with Gasteiger partial charge in [-0.15, -0.1) is 0 Å². The Balaban J connectivity index is 2.20. The summed E-state index contributed by atoms with van der Waals surface area (Å²) in [4.78, 5) is 27.5. The number of carboxylic acid groups (broad SMARTS) is 1. The minimum atomic E-state index is -0.760. The molecule has 7 heteroatoms. The molecule has 2 heterocycles. The number of carboxylic acids is 1. The van der Waals surface area contributed by atoms with Gasteiger partial charge < -0.3 is 20.1 Å². The van der Waals surface area contributed by atoms with Gasteiger partial charge in [-0.1, -0.05) is 13.3 Å². The first-order valence-corrected chi connectivity index (χ1v) is 7.07. The Morgan fingerprint density at radius 3 is 2.86 bits per heavy atom. The average molecular weight is 293 g/mol. The highest BCUT2D eigenvalue weighted by Crippen LogP contribution is 2.36. The molecule has 1 atom stereocenters. The second-order valence-corrected chi connectivity index (χ2v) is 5.49. The molecular weight excluding hydrogens is 274 g/mol. The van der Waals surface area contributed by atoms with Crippen LogP contribution < -0.4 is 4.90 Å². The first-order valence-electron chi connectivity index (χ1n) is 7.07. The molecule has 0 aliphatic carbocycles. The summed E-state index contributed by atoms with van der Waals surface area (Å²) in [6.07, 6.45) is 4.37. The molecule has 0 aromatic carbocycles. The predicted octanol–water partition coefficient (Wildman–Crippen LogP) is 2.46. The van der Waals surface area contributed by atoms with E-state index in [-0.39, 0.29) is 5.82 Å². The van der Waals surface area contributed by atoms with Gasteiger partial charge in [0.15, 0.2) is 6.20 Å². The van der Waals surface area contributed by atoms with Gasteiger partial charge in [0.1, 0.15) is 0 Å². The number of aromatic nitrogens is 1. The van der Waals surface area contributed by atoms with E-state index in [2.05, 4.69) is 4.98 Å². The second kappa shape index (κ2) is 6.07. The van der Waals surface area contributed by atoms with Crippen molar-refractivity contribution in [1.29, 1.82) is 0 Å². The molecule has 0 amide bonds. The van der Waals surface area contributed by atoms with Gasteiger partial charge in [0.2, 0.25) is 0 Å². The minimum absolute atomic E-state index is 0.200. The van der Waals surface area contributed by atoms with Crippen LogP contribution in [0.4, 0.5) is 11.5 Å². The summed E-state index contributed by atoms with van der Waals surface area (Å²) >= 11 is 0. The zero-order valence-electron chi connectivity index (χ0n) is 12.0. The van der Waals surface area contributed by atoms with Crippen molar-refractivity contribution in [2.45, 2.75) is 32.6 Å². The molecule has 114 valence electrons. The maximum atomic E-state index is 11.7. The van der Waals surface area contributed by atoms with Crippen molar-refractivity contribution in [2.75, 3.05) is 18.0 Å². The molecule has 0 saturated carbocycles. The highest BCUT2D eigenvalue weighted by atomic mass is 16.6. The van der Waals surface area contributed by atoms with Crippen LogP contribution in [-0.2, 0) is 4.79 Å². The van der Waals surface area contributed by atoms with Crippen LogP contribution in [0.25, 0.3) is 0 Å². The van der Waals surface area contributed by atoms with Crippen LogP contribution >= 0.6 is 0 Å². The fourth-order valence-corrected chi connectivity index (χ4v) is 2.99. The number of nitrogens with zero attached hydrogens (tertiary/aromatic N) is 3. The zero-order chi connectivity index (χ0) is 15.5. The molecule has 0 spiro atoms. The van der Waals surface area contributed by atoms with Crippen molar-refractivity contribution in [3.8, 4) is 0 Å². The van der Waals surface area contributed by atoms with Crippen molar-refractivity contribution in [3.05, 3.63) is 28.4 Å². The van der Waals surface area contributed by atoms with Gasteiger partial charge in [-0.25, -0.2) is 0 Å². The van der Waals surface area contributed by atoms with E-state index in [0.717, 1.165) is 25.1 Å². The summed E-state index contributed by atoms with van der Waals surface area (Å²) in [6.45, 7) is 3.16. The molecule has 21 heavy (non-hydrogen) atoms. The smallest absolute Gasteiger partial charge is 0.363 e. The van der Waals surface area contributed by atoms with Gasteiger partial charge in [-0.05, 0) is 35.2 Å². The van der Waals surface area contributed by atoms with E-state index in [1.54, 1.807) is 6.07 Å². The Morgan fingerprint density at radius 2 is 2.33 bits per heavy atom. The quantitative estimate of drug-likeness (QED) is 0.661. The average Bonchev–Trinajstić information content (AvgIpc) is 2.48. The third-order valence-electron chi connectivity index (χ3n) is 4.04. The molecule has 1 aliphatic heterocycles. The van der Waals surface area contributed by atoms with Crippen molar-refractivity contribution in [1.82, 2.24) is 4.98 Å². The Bertz CT molecular complexity index is 528. The molecular formula is C14H19N3O4. The molecule has 1 aromatic heterocycles. The number of pyridine rings is 1. The van der Waals surface area contributed by atoms with Crippen molar-refractivity contribution in [3.63, 3.8) is 0 Å². The third kappa shape index (κ3) is 3.12. The molecule has 1 aromatic rings. The maximum absolute atomic E-state index is 11.7. The number of anilines is 1. The number of rotatable bonds is 5. The van der Waals surface area contributed by atoms with E-state index >= 15 is 0 Å². The molecule has 1 N–H and O–H groups in total. The lowest BCUT2D eigenvalue weighted by molar-refractivity contribution is -0.389. The van der Waals surface area contributed by atoms with Gasteiger partial charge in [0, 0.05) is 19.2 Å². The number of hydrogen-bond donors (Lipinski definition) is 1. The van der Waals surface area contributed by atoms with Crippen LogP contribution in [0.3, 0.4) is 0 Å². The fourth-order valence-electron chi connectivity index (χ4n) is 2.99. The Kier molecular flexibility index (Phi) is 4.40. The second-order valence-electron chi connectivity index (χ2n) is 5.49. The van der Waals surface area contributed by atoms with Crippen LogP contribution in [0.2, 0.25) is 0 Å². The summed E-state index contributed by atoms with van der Waals surface area (Å²) in [5.74, 6) is -0.960. The summed E-state index contributed by atoms with van der Waals surface area (Å²) in [5, 5.41) is 20.2. The monoisotopic (exact) mass is 293 g/mol. The first kappa shape index (κ1) is 15.2. The first-order chi connectivity index (χ1) is 9.98. The zero-order valence-corrected chi connectivity index (χ0v) is 12.0. The normalized spacial score (nSPS) is 22.0. The van der Waals surface area contributed by atoms with Gasteiger partial charge in [0.05, 0.1) is 11.1 Å². The van der Waals surface area contributed by atoms with E-state index in [1.165, 1.54) is 12.3 Å². The van der Waals surface area contributed by atoms with Crippen LogP contribution in [0.1, 0.15) is 32.6 Å². The topological polar surface area (TPSA) is 96.6 Å². The van der Waals surface area contributed by atoms with E-state index in [0.29, 0.717) is 19.4 Å². The van der Waals surface area contributed by atoms with E-state index in [4.69, 9.17) is 0 Å². The largest absolute Gasteiger partial charge is 0.481 e. The fraction of sp³-hybridized carbons (Fsp3) is 0.571. The molecule has 1 fully saturated rings. The Morgan fingerprint density at radius 1 is 1.57 bits per heavy atom. The number of hydrogen-bond acceptors (Lipinski definition) is 5. The SMILES string of the molecule is CCCC1(C(=O)O)CCCN(c2ccc([N+](=O)[O-])nc2)C1. The summed E-state index contributed by atoms with van der Waals surface area (Å²) < 4.78 is 0. The van der Waals surface area contributed by atoms with Crippen LogP contribution in [-0.4, -0.2) is 34.1 Å². The highest BCUT2D eigenvalue weighted by Gasteiger charge is 2.41. The molecule has 1 unspecified atom stereocenters. The highest BCUT2D eigenvalue weighted by molar-refractivity contribution is 5.76. The number of piperidine rings is 1. The van der Waals surface area contributed by atoms with Crippen molar-refractivity contribution >= 4 is 17.5 Å². The molecule has 0 bridgehead atoms. The van der Waals surface area contributed by atoms with E-state index < -0.39 is 16.3 Å². The van der Waals surface area contributed by atoms with E-state index in [9.17, 15) is 20.0 Å². The molecule has 0 radical (unpaired) electrons. The summed E-state index contributed by atoms with van der Waals surface area (Å²) in [5.41, 5.74) is 0.0106. The maximum Gasteiger partial charge on any atom is 0.363 e. The summed E-state index contributed by atoms with van der Waals surface area (Å²) in [6, 6.07) is 2.99. The predicted molar refractivity (Wildman–Crippen MR) is 77.3 cm³/mol. The Hall–Kier alpha value is -2.18. The number of aliphatic carboxylic acids is 1. The van der Waals surface area contributed by atoms with Crippen LogP contribution in [0.15, 0.2) is 18.3 Å². The van der Waals surface area contributed by atoms with Gasteiger partial charge in [0.25, 0.3) is 0 Å². The van der Waals surface area contributed by atoms with E-state index in [1.807, 2.05) is 11.8 Å². The lowest BCUT2D eigenvalue weighted by atomic mass is 9.76. The Labute approximate surface area is 122 Å². The van der Waals surface area contributed by atoms with Crippen molar-refractivity contribution in [2.24, 2.45) is 5.41 Å². The summed E-state index contributed by atoms with van der Waals surface area (Å²) in [7, 11) is 0. The van der Waals surface area contributed by atoms with Gasteiger partial charge in [-0.2, -0.15) is 0 Å². The number of carbonyl (C=O) groups is 1. The molecule has 1 aliphatic rings. The standard InChI is InChI=1S/C14H19N3O4/c1-2-6-14(13(18)19)7-3-8-16(10-14)11-4-5-12(15-9-11)17(20)21/h4-5,9H,2-3,6-8,10H2,1H3,(H,18,19).